The number of fused-ring (bicyclic) bond motifs is 1. The molecule has 0 spiro atoms. The highest BCUT2D eigenvalue weighted by Crippen LogP contribution is 2.22. The third-order valence-corrected chi connectivity index (χ3v) is 2.09. The summed E-state index contributed by atoms with van der Waals surface area (Å²) in [5.41, 5.74) is 1.64. The molecule has 2 rings (SSSR count). The van der Waals surface area contributed by atoms with Crippen molar-refractivity contribution in [1.82, 2.24) is 4.57 Å². The first kappa shape index (κ1) is 8.10. The SMILES string of the molecule is CCOC(=O)C1=CCn2cccc21. The highest BCUT2D eigenvalue weighted by molar-refractivity contribution is 6.16. The molecule has 13 heavy (non-hydrogen) atoms. The fourth-order valence-electron chi connectivity index (χ4n) is 1.51. The second-order valence-electron chi connectivity index (χ2n) is 2.88. The van der Waals surface area contributed by atoms with Crippen molar-refractivity contribution in [2.24, 2.45) is 0 Å². The molecule has 68 valence electrons. The van der Waals surface area contributed by atoms with Gasteiger partial charge in [-0.15, -0.1) is 0 Å². The van der Waals surface area contributed by atoms with Crippen LogP contribution in [0.2, 0.25) is 0 Å². The Kier molecular flexibility index (Phi) is 1.93. The van der Waals surface area contributed by atoms with Gasteiger partial charge >= 0.3 is 5.97 Å². The van der Waals surface area contributed by atoms with Crippen molar-refractivity contribution >= 4 is 11.5 Å². The molecule has 0 amide bonds. The number of carbonyl (C=O) groups is 1. The van der Waals surface area contributed by atoms with Crippen LogP contribution < -0.4 is 0 Å². The summed E-state index contributed by atoms with van der Waals surface area (Å²) in [5.74, 6) is -0.222. The van der Waals surface area contributed by atoms with Crippen molar-refractivity contribution in [1.29, 1.82) is 0 Å². The Morgan fingerprint density at radius 1 is 1.69 bits per heavy atom. The summed E-state index contributed by atoms with van der Waals surface area (Å²) in [5, 5.41) is 0. The van der Waals surface area contributed by atoms with Crippen LogP contribution in [0, 0.1) is 0 Å². The Balaban J connectivity index is 2.24. The minimum atomic E-state index is -0.222. The minimum absolute atomic E-state index is 0.222. The molecule has 1 aliphatic heterocycles. The normalized spacial score (nSPS) is 13.8. The summed E-state index contributed by atoms with van der Waals surface area (Å²) in [7, 11) is 0. The number of ether oxygens (including phenoxy) is 1. The van der Waals surface area contributed by atoms with Gasteiger partial charge in [-0.3, -0.25) is 0 Å². The second kappa shape index (κ2) is 3.09. The van der Waals surface area contributed by atoms with E-state index in [0.29, 0.717) is 12.2 Å². The van der Waals surface area contributed by atoms with E-state index in [9.17, 15) is 4.79 Å². The van der Waals surface area contributed by atoms with Crippen LogP contribution in [-0.4, -0.2) is 17.1 Å². The number of rotatable bonds is 2. The van der Waals surface area contributed by atoms with E-state index >= 15 is 0 Å². The van der Waals surface area contributed by atoms with Gasteiger partial charge in [-0.1, -0.05) is 0 Å². The fraction of sp³-hybridized carbons (Fsp3) is 0.300. The molecule has 0 saturated carbocycles. The largest absolute Gasteiger partial charge is 0.462 e. The number of esters is 1. The summed E-state index contributed by atoms with van der Waals surface area (Å²) in [6.45, 7) is 3.01. The van der Waals surface area contributed by atoms with Gasteiger partial charge in [-0.05, 0) is 25.1 Å². The van der Waals surface area contributed by atoms with Crippen molar-refractivity contribution in [2.45, 2.75) is 13.5 Å². The molecule has 0 atom stereocenters. The molecule has 3 nitrogen and oxygen atoms in total. The Bertz CT molecular complexity index is 363. The van der Waals surface area contributed by atoms with E-state index in [1.807, 2.05) is 35.9 Å². The van der Waals surface area contributed by atoms with Gasteiger partial charge in [0.1, 0.15) is 0 Å². The molecule has 0 unspecified atom stereocenters. The molecule has 1 aliphatic rings. The summed E-state index contributed by atoms with van der Waals surface area (Å²) in [4.78, 5) is 11.4. The lowest BCUT2D eigenvalue weighted by Crippen LogP contribution is -2.05. The molecule has 1 aromatic heterocycles. The van der Waals surface area contributed by atoms with E-state index in [1.54, 1.807) is 0 Å². The number of aromatic nitrogens is 1. The van der Waals surface area contributed by atoms with Gasteiger partial charge < -0.3 is 9.30 Å². The van der Waals surface area contributed by atoms with Gasteiger partial charge in [0, 0.05) is 12.7 Å². The van der Waals surface area contributed by atoms with E-state index in [1.165, 1.54) is 0 Å². The van der Waals surface area contributed by atoms with Crippen LogP contribution in [-0.2, 0) is 16.1 Å². The molecule has 0 aliphatic carbocycles. The van der Waals surface area contributed by atoms with Crippen LogP contribution in [0.3, 0.4) is 0 Å². The van der Waals surface area contributed by atoms with Crippen LogP contribution in [0.15, 0.2) is 24.4 Å². The molecule has 0 N–H and O–H groups in total. The van der Waals surface area contributed by atoms with E-state index in [2.05, 4.69) is 0 Å². The molecule has 1 aromatic rings. The van der Waals surface area contributed by atoms with E-state index < -0.39 is 0 Å². The first-order valence-corrected chi connectivity index (χ1v) is 4.35. The second-order valence-corrected chi connectivity index (χ2v) is 2.88. The topological polar surface area (TPSA) is 31.2 Å². The van der Waals surface area contributed by atoms with Gasteiger partial charge in [0.15, 0.2) is 0 Å². The van der Waals surface area contributed by atoms with Crippen molar-refractivity contribution in [3.05, 3.63) is 30.1 Å². The molecule has 0 radical (unpaired) electrons. The summed E-state index contributed by atoms with van der Waals surface area (Å²) in [6.07, 6.45) is 3.85. The van der Waals surface area contributed by atoms with Gasteiger partial charge in [-0.25, -0.2) is 4.79 Å². The van der Waals surface area contributed by atoms with E-state index in [-0.39, 0.29) is 5.97 Å². The van der Waals surface area contributed by atoms with Crippen molar-refractivity contribution in [3.63, 3.8) is 0 Å². The predicted octanol–water partition coefficient (Wildman–Crippen LogP) is 1.45. The zero-order chi connectivity index (χ0) is 9.26. The highest BCUT2D eigenvalue weighted by Gasteiger charge is 2.20. The van der Waals surface area contributed by atoms with Crippen LogP contribution in [0.5, 0.6) is 0 Å². The van der Waals surface area contributed by atoms with Gasteiger partial charge in [0.05, 0.1) is 17.9 Å². The van der Waals surface area contributed by atoms with Crippen LogP contribution in [0.4, 0.5) is 0 Å². The zero-order valence-electron chi connectivity index (χ0n) is 7.49. The number of allylic oxidation sites excluding steroid dienone is 1. The number of hydrogen-bond donors (Lipinski definition) is 0. The van der Waals surface area contributed by atoms with Crippen LogP contribution in [0.25, 0.3) is 5.57 Å². The number of hydrogen-bond acceptors (Lipinski definition) is 2. The van der Waals surface area contributed by atoms with Crippen molar-refractivity contribution in [3.8, 4) is 0 Å². The molecular weight excluding hydrogens is 166 g/mol. The van der Waals surface area contributed by atoms with E-state index in [0.717, 1.165) is 12.2 Å². The maximum atomic E-state index is 11.4. The molecule has 0 aromatic carbocycles. The maximum absolute atomic E-state index is 11.4. The summed E-state index contributed by atoms with van der Waals surface area (Å²) >= 11 is 0. The average molecular weight is 177 g/mol. The first-order valence-electron chi connectivity index (χ1n) is 4.35. The summed E-state index contributed by atoms with van der Waals surface area (Å²) in [6, 6.07) is 3.86. The lowest BCUT2D eigenvalue weighted by Gasteiger charge is -2.02. The average Bonchev–Trinajstić information content (AvgIpc) is 2.62. The van der Waals surface area contributed by atoms with Crippen LogP contribution >= 0.6 is 0 Å². The Hall–Kier alpha value is -1.51. The number of carbonyl (C=O) groups excluding carboxylic acids is 1. The minimum Gasteiger partial charge on any atom is -0.462 e. The van der Waals surface area contributed by atoms with Crippen molar-refractivity contribution in [2.75, 3.05) is 6.61 Å². The van der Waals surface area contributed by atoms with Gasteiger partial charge in [-0.2, -0.15) is 0 Å². The molecule has 0 saturated heterocycles. The van der Waals surface area contributed by atoms with Gasteiger partial charge in [0.2, 0.25) is 0 Å². The molecule has 3 heteroatoms. The third-order valence-electron chi connectivity index (χ3n) is 2.09. The quantitative estimate of drug-likeness (QED) is 0.640. The molecule has 0 bridgehead atoms. The zero-order valence-corrected chi connectivity index (χ0v) is 7.49. The fourth-order valence-corrected chi connectivity index (χ4v) is 1.51. The monoisotopic (exact) mass is 177 g/mol. The molecule has 0 fully saturated rings. The maximum Gasteiger partial charge on any atom is 0.339 e. The highest BCUT2D eigenvalue weighted by atomic mass is 16.5. The molecular formula is C10H11NO2. The number of nitrogens with zero attached hydrogens (tertiary/aromatic N) is 1. The first-order chi connectivity index (χ1) is 6.33. The lowest BCUT2D eigenvalue weighted by atomic mass is 10.2. The molecule has 2 heterocycles. The Morgan fingerprint density at radius 3 is 3.31 bits per heavy atom. The standard InChI is InChI=1S/C10H11NO2/c1-2-13-10(12)8-5-7-11-6-3-4-9(8)11/h3-6H,2,7H2,1H3. The third kappa shape index (κ3) is 1.26. The van der Waals surface area contributed by atoms with Gasteiger partial charge in [0.25, 0.3) is 0 Å². The smallest absolute Gasteiger partial charge is 0.339 e. The van der Waals surface area contributed by atoms with Crippen LogP contribution in [0.1, 0.15) is 12.6 Å². The Morgan fingerprint density at radius 2 is 2.54 bits per heavy atom. The van der Waals surface area contributed by atoms with E-state index in [4.69, 9.17) is 4.74 Å². The summed E-state index contributed by atoms with van der Waals surface area (Å²) < 4.78 is 6.95. The van der Waals surface area contributed by atoms with Crippen molar-refractivity contribution < 1.29 is 9.53 Å². The Labute approximate surface area is 76.6 Å². The lowest BCUT2D eigenvalue weighted by molar-refractivity contribution is -0.136. The predicted molar refractivity (Wildman–Crippen MR) is 49.0 cm³/mol.